The summed E-state index contributed by atoms with van der Waals surface area (Å²) in [4.78, 5) is 37.4. The molecule has 0 radical (unpaired) electrons. The van der Waals surface area contributed by atoms with Gasteiger partial charge in [-0.25, -0.2) is 4.79 Å². The van der Waals surface area contributed by atoms with Crippen molar-refractivity contribution in [3.05, 3.63) is 34.9 Å². The second-order valence-corrected chi connectivity index (χ2v) is 14.0. The first-order chi connectivity index (χ1) is 17.8. The van der Waals surface area contributed by atoms with Crippen LogP contribution in [0.5, 0.6) is 0 Å². The molecular formula is C32H42O6. The zero-order valence-electron chi connectivity index (χ0n) is 23.7. The Bertz CT molecular complexity index is 1180. The van der Waals surface area contributed by atoms with Gasteiger partial charge in [0.2, 0.25) is 0 Å². The molecule has 6 heteroatoms. The molecule has 4 fully saturated rings. The van der Waals surface area contributed by atoms with Crippen molar-refractivity contribution in [1.82, 2.24) is 0 Å². The number of carbonyl (C=O) groups is 3. The zero-order valence-corrected chi connectivity index (χ0v) is 23.7. The molecule has 0 amide bonds. The number of rotatable bonds is 3. The van der Waals surface area contributed by atoms with Gasteiger partial charge in [-0.1, -0.05) is 31.6 Å². The van der Waals surface area contributed by atoms with Crippen molar-refractivity contribution in [2.45, 2.75) is 110 Å². The van der Waals surface area contributed by atoms with E-state index in [2.05, 4.69) is 19.9 Å². The Labute approximate surface area is 226 Å². The first kappa shape index (κ1) is 25.9. The molecule has 38 heavy (non-hydrogen) atoms. The first-order valence-electron chi connectivity index (χ1n) is 14.5. The van der Waals surface area contributed by atoms with Crippen LogP contribution in [0.4, 0.5) is 0 Å². The van der Waals surface area contributed by atoms with Crippen molar-refractivity contribution >= 4 is 17.9 Å². The summed E-state index contributed by atoms with van der Waals surface area (Å²) in [6, 6.07) is 0. The Balaban J connectivity index is 1.38. The van der Waals surface area contributed by atoms with E-state index in [-0.39, 0.29) is 58.5 Å². The van der Waals surface area contributed by atoms with E-state index in [1.165, 1.54) is 23.6 Å². The quantitative estimate of drug-likeness (QED) is 0.334. The molecule has 2 bridgehead atoms. The summed E-state index contributed by atoms with van der Waals surface area (Å²) >= 11 is 0. The fourth-order valence-electron chi connectivity index (χ4n) is 9.62. The van der Waals surface area contributed by atoms with Gasteiger partial charge in [-0.2, -0.15) is 0 Å². The molecule has 3 heterocycles. The van der Waals surface area contributed by atoms with Crippen LogP contribution in [0.15, 0.2) is 34.9 Å². The Kier molecular flexibility index (Phi) is 5.66. The summed E-state index contributed by atoms with van der Waals surface area (Å²) in [5.74, 6) is -0.183. The fourth-order valence-corrected chi connectivity index (χ4v) is 9.62. The highest BCUT2D eigenvalue weighted by Crippen LogP contribution is 2.70. The van der Waals surface area contributed by atoms with Gasteiger partial charge in [-0.15, -0.1) is 0 Å². The molecule has 0 aromatic carbocycles. The van der Waals surface area contributed by atoms with E-state index in [9.17, 15) is 14.4 Å². The molecule has 4 aliphatic carbocycles. The molecule has 0 unspecified atom stereocenters. The number of cyclic esters (lactones) is 1. The molecular weight excluding hydrogens is 480 g/mol. The summed E-state index contributed by atoms with van der Waals surface area (Å²) in [6.45, 7) is 12.4. The SMILES string of the molecule is CC(=O)O[C@@](C)([C@@H]1OC(=O)C2CC1C2)[C@H]1CC[C@@]2(C)C3=C(C=C4C=CC(=O)OC(C)(C)[C@@H]4CC3)CC[C@]12C. The number of hydrogen-bond acceptors (Lipinski definition) is 6. The monoisotopic (exact) mass is 522 g/mol. The first-order valence-corrected chi connectivity index (χ1v) is 14.5. The fraction of sp³-hybridized carbons (Fsp3) is 0.719. The van der Waals surface area contributed by atoms with Gasteiger partial charge in [0.25, 0.3) is 0 Å². The molecule has 206 valence electrons. The number of esters is 3. The highest BCUT2D eigenvalue weighted by Gasteiger charge is 2.67. The van der Waals surface area contributed by atoms with Gasteiger partial charge in [-0.3, -0.25) is 9.59 Å². The lowest BCUT2D eigenvalue weighted by Crippen LogP contribution is -2.64. The molecule has 2 saturated heterocycles. The molecule has 6 atom stereocenters. The summed E-state index contributed by atoms with van der Waals surface area (Å²) in [6.07, 6.45) is 12.9. The molecule has 0 N–H and O–H groups in total. The van der Waals surface area contributed by atoms with Gasteiger partial charge in [0, 0.05) is 30.8 Å². The Morgan fingerprint density at radius 3 is 2.47 bits per heavy atom. The Morgan fingerprint density at radius 2 is 1.79 bits per heavy atom. The van der Waals surface area contributed by atoms with Crippen LogP contribution in [0.25, 0.3) is 0 Å². The topological polar surface area (TPSA) is 78.9 Å². The summed E-state index contributed by atoms with van der Waals surface area (Å²) in [5, 5.41) is 0. The molecule has 2 saturated carbocycles. The van der Waals surface area contributed by atoms with Gasteiger partial charge >= 0.3 is 17.9 Å². The average Bonchev–Trinajstić information content (AvgIpc) is 2.90. The van der Waals surface area contributed by atoms with E-state index in [0.29, 0.717) is 0 Å². The van der Waals surface area contributed by atoms with Crippen LogP contribution < -0.4 is 0 Å². The second kappa shape index (κ2) is 8.32. The standard InChI is InChI=1S/C32H42O6/c1-18(33)37-32(6,27-21-16-22(17-21)28(35)36-27)25-12-14-30(4)24-9-8-23-19(7-10-26(34)38-29(23,2)3)15-20(24)11-13-31(25,30)5/h7,10,15,21-23,25,27H,8-9,11-14,16-17H2,1-6H3/t21?,22?,23-,25+,27-,30+,31-,32-/m1/s1. The van der Waals surface area contributed by atoms with Gasteiger partial charge in [0.15, 0.2) is 0 Å². The smallest absolute Gasteiger partial charge is 0.331 e. The van der Waals surface area contributed by atoms with E-state index in [1.807, 2.05) is 26.8 Å². The molecule has 0 aromatic heterocycles. The van der Waals surface area contributed by atoms with Crippen molar-refractivity contribution in [3.63, 3.8) is 0 Å². The van der Waals surface area contributed by atoms with Gasteiger partial charge in [0.05, 0.1) is 5.92 Å². The highest BCUT2D eigenvalue weighted by molar-refractivity contribution is 5.83. The molecule has 7 aliphatic rings. The third-order valence-electron chi connectivity index (χ3n) is 11.8. The number of hydrogen-bond donors (Lipinski definition) is 0. The van der Waals surface area contributed by atoms with Crippen LogP contribution in [0, 0.1) is 34.5 Å². The summed E-state index contributed by atoms with van der Waals surface area (Å²) < 4.78 is 18.1. The van der Waals surface area contributed by atoms with Crippen LogP contribution in [-0.2, 0) is 28.6 Å². The molecule has 6 nitrogen and oxygen atoms in total. The van der Waals surface area contributed by atoms with Crippen LogP contribution in [0.3, 0.4) is 0 Å². The predicted molar refractivity (Wildman–Crippen MR) is 142 cm³/mol. The third-order valence-corrected chi connectivity index (χ3v) is 11.8. The average molecular weight is 523 g/mol. The van der Waals surface area contributed by atoms with Crippen LogP contribution in [0.1, 0.15) is 92.9 Å². The van der Waals surface area contributed by atoms with Crippen LogP contribution >= 0.6 is 0 Å². The Hall–Kier alpha value is -2.37. The van der Waals surface area contributed by atoms with E-state index < -0.39 is 11.2 Å². The number of fused-ring (bicyclic) bond motifs is 5. The van der Waals surface area contributed by atoms with Crippen LogP contribution in [-0.4, -0.2) is 35.2 Å². The van der Waals surface area contributed by atoms with Crippen molar-refractivity contribution in [3.8, 4) is 0 Å². The number of allylic oxidation sites excluding steroid dienone is 4. The van der Waals surface area contributed by atoms with Crippen molar-refractivity contribution in [1.29, 1.82) is 0 Å². The summed E-state index contributed by atoms with van der Waals surface area (Å²) in [7, 11) is 0. The van der Waals surface area contributed by atoms with Crippen LogP contribution in [0.2, 0.25) is 0 Å². The minimum atomic E-state index is -0.851. The third kappa shape index (κ3) is 3.54. The number of carbonyl (C=O) groups excluding carboxylic acids is 3. The maximum atomic E-state index is 12.6. The van der Waals surface area contributed by atoms with E-state index in [1.54, 1.807) is 6.08 Å². The lowest BCUT2D eigenvalue weighted by atomic mass is 9.51. The zero-order chi connectivity index (χ0) is 27.3. The van der Waals surface area contributed by atoms with Gasteiger partial charge in [0.1, 0.15) is 17.3 Å². The largest absolute Gasteiger partial charge is 0.458 e. The predicted octanol–water partition coefficient (Wildman–Crippen LogP) is 6.00. The lowest BCUT2D eigenvalue weighted by molar-refractivity contribution is -0.237. The lowest BCUT2D eigenvalue weighted by Gasteiger charge is -2.58. The highest BCUT2D eigenvalue weighted by atomic mass is 16.6. The van der Waals surface area contributed by atoms with E-state index in [0.717, 1.165) is 51.4 Å². The van der Waals surface area contributed by atoms with E-state index >= 15 is 0 Å². The normalized spacial score (nSPS) is 42.6. The molecule has 7 rings (SSSR count). The van der Waals surface area contributed by atoms with E-state index in [4.69, 9.17) is 14.2 Å². The minimum Gasteiger partial charge on any atom is -0.458 e. The van der Waals surface area contributed by atoms with Crippen molar-refractivity contribution < 1.29 is 28.6 Å². The molecule has 0 spiro atoms. The van der Waals surface area contributed by atoms with Crippen molar-refractivity contribution in [2.75, 3.05) is 0 Å². The summed E-state index contributed by atoms with van der Waals surface area (Å²) in [5.41, 5.74) is 2.52. The molecule has 0 aromatic rings. The van der Waals surface area contributed by atoms with Crippen molar-refractivity contribution in [2.24, 2.45) is 34.5 Å². The maximum absolute atomic E-state index is 12.6. The van der Waals surface area contributed by atoms with Gasteiger partial charge in [-0.05, 0) is 94.1 Å². The number of ether oxygens (including phenoxy) is 3. The Morgan fingerprint density at radius 1 is 1.05 bits per heavy atom. The minimum absolute atomic E-state index is 0.0222. The maximum Gasteiger partial charge on any atom is 0.331 e. The second-order valence-electron chi connectivity index (χ2n) is 14.0. The molecule has 3 aliphatic heterocycles. The van der Waals surface area contributed by atoms with Gasteiger partial charge < -0.3 is 14.2 Å².